The molecule has 0 spiro atoms. The summed E-state index contributed by atoms with van der Waals surface area (Å²) in [7, 11) is 1.67. The van der Waals surface area contributed by atoms with Crippen LogP contribution in [0.25, 0.3) is 11.1 Å². The highest BCUT2D eigenvalue weighted by molar-refractivity contribution is 5.87. The van der Waals surface area contributed by atoms with E-state index in [9.17, 15) is 0 Å². The summed E-state index contributed by atoms with van der Waals surface area (Å²) in [6.45, 7) is 4.37. The van der Waals surface area contributed by atoms with E-state index in [0.717, 1.165) is 49.2 Å². The molecule has 0 bridgehead atoms. The fraction of sp³-hybridized carbons (Fsp3) is 0.588. The van der Waals surface area contributed by atoms with Gasteiger partial charge in [0.2, 0.25) is 5.89 Å². The van der Waals surface area contributed by atoms with E-state index in [1.807, 2.05) is 6.92 Å². The largest absolute Gasteiger partial charge is 0.384 e. The summed E-state index contributed by atoms with van der Waals surface area (Å²) in [5, 5.41) is 8.92. The van der Waals surface area contributed by atoms with E-state index >= 15 is 0 Å². The minimum absolute atomic E-state index is 0.530. The van der Waals surface area contributed by atoms with Crippen LogP contribution in [0.3, 0.4) is 0 Å². The first-order valence-electron chi connectivity index (χ1n) is 8.87. The summed E-state index contributed by atoms with van der Waals surface area (Å²) in [5.74, 6) is 2.87. The first-order valence-corrected chi connectivity index (χ1v) is 8.87. The maximum atomic E-state index is 5.37. The Bertz CT molecular complexity index is 868. The molecule has 0 atom stereocenters. The minimum Gasteiger partial charge on any atom is -0.384 e. The molecule has 1 aliphatic heterocycles. The number of nitrogens with zero attached hydrogens (tertiary/aromatic N) is 6. The van der Waals surface area contributed by atoms with Gasteiger partial charge in [0.1, 0.15) is 17.5 Å². The van der Waals surface area contributed by atoms with E-state index in [0.29, 0.717) is 36.4 Å². The summed E-state index contributed by atoms with van der Waals surface area (Å²) < 4.78 is 15.7. The quantitative estimate of drug-likeness (QED) is 0.654. The predicted molar refractivity (Wildman–Crippen MR) is 92.9 cm³/mol. The molecule has 138 valence electrons. The Morgan fingerprint density at radius 1 is 1.19 bits per heavy atom. The van der Waals surface area contributed by atoms with Crippen molar-refractivity contribution >= 4 is 16.9 Å². The zero-order valence-corrected chi connectivity index (χ0v) is 15.0. The summed E-state index contributed by atoms with van der Waals surface area (Å²) in [6.07, 6.45) is 5.13. The molecule has 0 saturated carbocycles. The highest BCUT2D eigenvalue weighted by atomic mass is 16.5. The van der Waals surface area contributed by atoms with E-state index in [4.69, 9.17) is 13.8 Å². The van der Waals surface area contributed by atoms with Gasteiger partial charge in [-0.2, -0.15) is 9.97 Å². The summed E-state index contributed by atoms with van der Waals surface area (Å²) >= 11 is 0. The van der Waals surface area contributed by atoms with Crippen LogP contribution in [0.15, 0.2) is 15.4 Å². The molecule has 4 heterocycles. The molecule has 0 radical (unpaired) electrons. The van der Waals surface area contributed by atoms with Crippen LogP contribution in [-0.2, 0) is 17.6 Å². The number of aryl methyl sites for hydroxylation is 1. The Morgan fingerprint density at radius 3 is 2.85 bits per heavy atom. The molecule has 9 nitrogen and oxygen atoms in total. The van der Waals surface area contributed by atoms with Crippen molar-refractivity contribution in [1.82, 2.24) is 25.3 Å². The van der Waals surface area contributed by atoms with Gasteiger partial charge in [0, 0.05) is 33.0 Å². The maximum absolute atomic E-state index is 5.37. The second-order valence-corrected chi connectivity index (χ2v) is 6.63. The number of hydrogen-bond acceptors (Lipinski definition) is 9. The molecular weight excluding hydrogens is 336 g/mol. The zero-order chi connectivity index (χ0) is 17.9. The smallest absolute Gasteiger partial charge is 0.263 e. The number of fused-ring (bicyclic) bond motifs is 1. The summed E-state index contributed by atoms with van der Waals surface area (Å²) in [5.41, 5.74) is 1.37. The van der Waals surface area contributed by atoms with Gasteiger partial charge in [-0.25, -0.2) is 4.98 Å². The molecule has 26 heavy (non-hydrogen) atoms. The molecule has 0 amide bonds. The fourth-order valence-electron chi connectivity index (χ4n) is 3.41. The van der Waals surface area contributed by atoms with Crippen LogP contribution in [0.4, 0.5) is 5.82 Å². The van der Waals surface area contributed by atoms with Gasteiger partial charge in [0.25, 0.3) is 5.71 Å². The lowest BCUT2D eigenvalue weighted by Gasteiger charge is -2.32. The van der Waals surface area contributed by atoms with E-state index < -0.39 is 0 Å². The van der Waals surface area contributed by atoms with Crippen molar-refractivity contribution in [2.75, 3.05) is 31.7 Å². The van der Waals surface area contributed by atoms with Crippen molar-refractivity contribution in [3.05, 3.63) is 23.7 Å². The van der Waals surface area contributed by atoms with Crippen molar-refractivity contribution in [3.8, 4) is 0 Å². The Labute approximate surface area is 150 Å². The van der Waals surface area contributed by atoms with Crippen molar-refractivity contribution in [3.63, 3.8) is 0 Å². The Hall–Kier alpha value is -2.55. The van der Waals surface area contributed by atoms with Gasteiger partial charge < -0.3 is 18.7 Å². The van der Waals surface area contributed by atoms with E-state index in [1.54, 1.807) is 7.11 Å². The molecule has 0 unspecified atom stereocenters. The molecular formula is C17H22N6O3. The van der Waals surface area contributed by atoms with E-state index in [1.165, 1.54) is 6.33 Å². The lowest BCUT2D eigenvalue weighted by molar-refractivity contribution is 0.199. The number of piperidine rings is 1. The molecule has 1 saturated heterocycles. The summed E-state index contributed by atoms with van der Waals surface area (Å²) in [4.78, 5) is 15.3. The average molecular weight is 358 g/mol. The molecule has 1 aliphatic rings. The fourth-order valence-corrected chi connectivity index (χ4v) is 3.41. The molecule has 3 aromatic rings. The second-order valence-electron chi connectivity index (χ2n) is 6.63. The predicted octanol–water partition coefficient (Wildman–Crippen LogP) is 1.96. The molecule has 0 aromatic carbocycles. The van der Waals surface area contributed by atoms with Crippen molar-refractivity contribution in [2.24, 2.45) is 5.92 Å². The SMILES string of the molecule is COCCc1noc(CC2CCN(c3ncnc4onc(C)c34)CC2)n1. The van der Waals surface area contributed by atoms with Gasteiger partial charge >= 0.3 is 0 Å². The number of anilines is 1. The van der Waals surface area contributed by atoms with Gasteiger partial charge in [-0.15, -0.1) is 0 Å². The number of methoxy groups -OCH3 is 1. The number of aromatic nitrogens is 5. The van der Waals surface area contributed by atoms with Crippen molar-refractivity contribution in [2.45, 2.75) is 32.6 Å². The van der Waals surface area contributed by atoms with Gasteiger partial charge in [0.05, 0.1) is 12.3 Å². The third-order valence-corrected chi connectivity index (χ3v) is 4.84. The van der Waals surface area contributed by atoms with Gasteiger partial charge in [-0.3, -0.25) is 0 Å². The van der Waals surface area contributed by atoms with Crippen LogP contribution in [0.5, 0.6) is 0 Å². The Balaban J connectivity index is 1.38. The third kappa shape index (κ3) is 3.39. The first kappa shape index (κ1) is 16.9. The average Bonchev–Trinajstić information content (AvgIpc) is 3.27. The topological polar surface area (TPSA) is 103 Å². The molecule has 0 N–H and O–H groups in total. The zero-order valence-electron chi connectivity index (χ0n) is 15.0. The molecule has 4 rings (SSSR count). The Kier molecular flexibility index (Phi) is 4.79. The van der Waals surface area contributed by atoms with Crippen LogP contribution >= 0.6 is 0 Å². The third-order valence-electron chi connectivity index (χ3n) is 4.84. The van der Waals surface area contributed by atoms with E-state index in [2.05, 4.69) is 30.2 Å². The Morgan fingerprint density at radius 2 is 2.04 bits per heavy atom. The van der Waals surface area contributed by atoms with Gasteiger partial charge in [0.15, 0.2) is 5.82 Å². The van der Waals surface area contributed by atoms with E-state index in [-0.39, 0.29) is 0 Å². The minimum atomic E-state index is 0.530. The van der Waals surface area contributed by atoms with Crippen LogP contribution < -0.4 is 4.90 Å². The maximum Gasteiger partial charge on any atom is 0.263 e. The monoisotopic (exact) mass is 358 g/mol. The van der Waals surface area contributed by atoms with Gasteiger partial charge in [-0.1, -0.05) is 10.3 Å². The number of hydrogen-bond donors (Lipinski definition) is 0. The van der Waals surface area contributed by atoms with Gasteiger partial charge in [-0.05, 0) is 25.7 Å². The van der Waals surface area contributed by atoms with Crippen molar-refractivity contribution < 1.29 is 13.8 Å². The molecule has 0 aliphatic carbocycles. The molecule has 9 heteroatoms. The molecule has 1 fully saturated rings. The highest BCUT2D eigenvalue weighted by Crippen LogP contribution is 2.30. The van der Waals surface area contributed by atoms with Crippen LogP contribution in [0.1, 0.15) is 30.3 Å². The lowest BCUT2D eigenvalue weighted by atomic mass is 9.93. The van der Waals surface area contributed by atoms with Crippen LogP contribution in [0.2, 0.25) is 0 Å². The second kappa shape index (κ2) is 7.36. The summed E-state index contributed by atoms with van der Waals surface area (Å²) in [6, 6.07) is 0. The van der Waals surface area contributed by atoms with Crippen molar-refractivity contribution in [1.29, 1.82) is 0 Å². The molecule has 3 aromatic heterocycles. The number of rotatable bonds is 6. The number of ether oxygens (including phenoxy) is 1. The normalized spacial score (nSPS) is 15.8. The van der Waals surface area contributed by atoms with Crippen LogP contribution in [-0.4, -0.2) is 52.1 Å². The standard InChI is InChI=1S/C17H22N6O3/c1-11-15-16(18-10-19-17(15)26-21-11)23-6-3-12(4-7-23)9-14-20-13(22-25-14)5-8-24-2/h10,12H,3-9H2,1-2H3. The van der Waals surface area contributed by atoms with Crippen LogP contribution in [0, 0.1) is 12.8 Å². The first-order chi connectivity index (χ1) is 12.7. The lowest BCUT2D eigenvalue weighted by Crippen LogP contribution is -2.35. The highest BCUT2D eigenvalue weighted by Gasteiger charge is 2.25.